The van der Waals surface area contributed by atoms with E-state index in [4.69, 9.17) is 5.11 Å². The van der Waals surface area contributed by atoms with Gasteiger partial charge in [-0.2, -0.15) is 0 Å². The molecule has 13 heavy (non-hydrogen) atoms. The summed E-state index contributed by atoms with van der Waals surface area (Å²) in [4.78, 5) is 14.9. The summed E-state index contributed by atoms with van der Waals surface area (Å²) >= 11 is 0. The third kappa shape index (κ3) is 2.59. The van der Waals surface area contributed by atoms with Gasteiger partial charge < -0.3 is 14.9 Å². The van der Waals surface area contributed by atoms with Crippen LogP contribution in [0.25, 0.3) is 0 Å². The van der Waals surface area contributed by atoms with Crippen LogP contribution < -0.4 is 0 Å². The van der Waals surface area contributed by atoms with Gasteiger partial charge in [-0.1, -0.05) is 0 Å². The van der Waals surface area contributed by atoms with Crippen molar-refractivity contribution < 1.29 is 9.90 Å². The van der Waals surface area contributed by atoms with Gasteiger partial charge in [-0.3, -0.25) is 0 Å². The highest BCUT2D eigenvalue weighted by Crippen LogP contribution is 2.16. The number of aliphatic hydroxyl groups excluding tert-OH is 1. The van der Waals surface area contributed by atoms with Gasteiger partial charge in [-0.05, 0) is 18.8 Å². The molecule has 76 valence electrons. The molecule has 1 rings (SSSR count). The second kappa shape index (κ2) is 4.46. The summed E-state index contributed by atoms with van der Waals surface area (Å²) in [5.74, 6) is 0.276. The molecule has 1 fully saturated rings. The zero-order chi connectivity index (χ0) is 9.84. The van der Waals surface area contributed by atoms with Crippen LogP contribution in [0.5, 0.6) is 0 Å². The van der Waals surface area contributed by atoms with Crippen molar-refractivity contribution in [3.8, 4) is 0 Å². The zero-order valence-corrected chi connectivity index (χ0v) is 8.36. The van der Waals surface area contributed by atoms with E-state index >= 15 is 0 Å². The fourth-order valence-electron chi connectivity index (χ4n) is 1.67. The molecule has 1 unspecified atom stereocenters. The molecule has 1 N–H and O–H groups in total. The van der Waals surface area contributed by atoms with Gasteiger partial charge in [0.1, 0.15) is 0 Å². The Kier molecular flexibility index (Phi) is 3.54. The summed E-state index contributed by atoms with van der Waals surface area (Å²) in [5, 5.41) is 8.98. The second-order valence-electron chi connectivity index (χ2n) is 3.81. The van der Waals surface area contributed by atoms with Gasteiger partial charge >= 0.3 is 6.03 Å². The van der Waals surface area contributed by atoms with Gasteiger partial charge in [-0.15, -0.1) is 0 Å². The number of aliphatic hydroxyl groups is 1. The summed E-state index contributed by atoms with van der Waals surface area (Å²) < 4.78 is 0. The topological polar surface area (TPSA) is 43.8 Å². The van der Waals surface area contributed by atoms with E-state index < -0.39 is 0 Å². The van der Waals surface area contributed by atoms with E-state index in [0.29, 0.717) is 6.54 Å². The minimum absolute atomic E-state index is 0.0538. The molecule has 1 saturated heterocycles. The Morgan fingerprint density at radius 1 is 1.62 bits per heavy atom. The van der Waals surface area contributed by atoms with Crippen molar-refractivity contribution in [3.05, 3.63) is 0 Å². The van der Waals surface area contributed by atoms with Gasteiger partial charge in [0.25, 0.3) is 0 Å². The molecule has 0 saturated carbocycles. The lowest BCUT2D eigenvalue weighted by Crippen LogP contribution is -2.45. The number of piperidine rings is 1. The van der Waals surface area contributed by atoms with Gasteiger partial charge in [-0.25, -0.2) is 4.79 Å². The molecule has 0 aromatic carbocycles. The van der Waals surface area contributed by atoms with Crippen molar-refractivity contribution in [3.63, 3.8) is 0 Å². The Morgan fingerprint density at radius 3 is 2.85 bits per heavy atom. The number of carbonyl (C=O) groups is 1. The van der Waals surface area contributed by atoms with E-state index in [0.717, 1.165) is 19.4 Å². The Hall–Kier alpha value is -0.770. The Morgan fingerprint density at radius 2 is 2.31 bits per heavy atom. The third-order valence-electron chi connectivity index (χ3n) is 2.43. The number of nitrogens with zero attached hydrogens (tertiary/aromatic N) is 2. The minimum atomic E-state index is 0.0538. The largest absolute Gasteiger partial charge is 0.396 e. The van der Waals surface area contributed by atoms with E-state index in [1.54, 1.807) is 19.0 Å². The van der Waals surface area contributed by atoms with Crippen molar-refractivity contribution in [1.82, 2.24) is 9.80 Å². The molecule has 0 aliphatic carbocycles. The first-order valence-electron chi connectivity index (χ1n) is 4.72. The van der Waals surface area contributed by atoms with Crippen LogP contribution in [0.1, 0.15) is 12.8 Å². The highest BCUT2D eigenvalue weighted by molar-refractivity contribution is 5.73. The molecule has 2 amide bonds. The Balaban J connectivity index is 2.46. The predicted octanol–water partition coefficient (Wildman–Crippen LogP) is 0.372. The maximum atomic E-state index is 11.5. The molecule has 0 radical (unpaired) electrons. The highest BCUT2D eigenvalue weighted by atomic mass is 16.3. The molecule has 1 aliphatic heterocycles. The molecule has 0 aromatic heterocycles. The maximum Gasteiger partial charge on any atom is 0.319 e. The predicted molar refractivity (Wildman–Crippen MR) is 50.5 cm³/mol. The summed E-state index contributed by atoms with van der Waals surface area (Å²) in [6, 6.07) is 0.0538. The van der Waals surface area contributed by atoms with Crippen molar-refractivity contribution in [2.75, 3.05) is 33.8 Å². The average molecular weight is 186 g/mol. The van der Waals surface area contributed by atoms with Crippen molar-refractivity contribution in [1.29, 1.82) is 0 Å². The van der Waals surface area contributed by atoms with Crippen LogP contribution in [-0.2, 0) is 0 Å². The number of urea groups is 1. The van der Waals surface area contributed by atoms with Crippen molar-refractivity contribution >= 4 is 6.03 Å². The van der Waals surface area contributed by atoms with E-state index in [2.05, 4.69) is 0 Å². The third-order valence-corrected chi connectivity index (χ3v) is 2.43. The monoisotopic (exact) mass is 186 g/mol. The van der Waals surface area contributed by atoms with Crippen LogP contribution in [-0.4, -0.2) is 54.7 Å². The SMILES string of the molecule is CN(C)C(=O)N1CCCC(CO)C1. The van der Waals surface area contributed by atoms with E-state index in [1.165, 1.54) is 0 Å². The number of amides is 2. The lowest BCUT2D eigenvalue weighted by molar-refractivity contribution is 0.116. The summed E-state index contributed by atoms with van der Waals surface area (Å²) in [6.45, 7) is 1.72. The number of rotatable bonds is 1. The first-order valence-corrected chi connectivity index (χ1v) is 4.72. The number of hydrogen-bond acceptors (Lipinski definition) is 2. The van der Waals surface area contributed by atoms with Gasteiger partial charge in [0, 0.05) is 33.8 Å². The first-order chi connectivity index (χ1) is 6.15. The molecule has 1 heterocycles. The average Bonchev–Trinajstić information content (AvgIpc) is 2.16. The van der Waals surface area contributed by atoms with E-state index in [9.17, 15) is 4.79 Å². The summed E-state index contributed by atoms with van der Waals surface area (Å²) in [5.41, 5.74) is 0. The molecule has 0 aromatic rings. The fourth-order valence-corrected chi connectivity index (χ4v) is 1.67. The molecular weight excluding hydrogens is 168 g/mol. The fraction of sp³-hybridized carbons (Fsp3) is 0.889. The van der Waals surface area contributed by atoms with Crippen LogP contribution >= 0.6 is 0 Å². The normalized spacial score (nSPS) is 23.0. The Labute approximate surface area is 79.1 Å². The molecule has 4 nitrogen and oxygen atoms in total. The number of carbonyl (C=O) groups excluding carboxylic acids is 1. The zero-order valence-electron chi connectivity index (χ0n) is 8.36. The molecule has 1 atom stereocenters. The first kappa shape index (κ1) is 10.3. The second-order valence-corrected chi connectivity index (χ2v) is 3.81. The Bertz CT molecular complexity index is 182. The summed E-state index contributed by atoms with van der Waals surface area (Å²) in [7, 11) is 3.51. The quantitative estimate of drug-likeness (QED) is 0.643. The summed E-state index contributed by atoms with van der Waals surface area (Å²) in [6.07, 6.45) is 2.04. The van der Waals surface area contributed by atoms with Crippen molar-refractivity contribution in [2.45, 2.75) is 12.8 Å². The maximum absolute atomic E-state index is 11.5. The molecule has 0 spiro atoms. The van der Waals surface area contributed by atoms with Gasteiger partial charge in [0.05, 0.1) is 0 Å². The van der Waals surface area contributed by atoms with E-state index in [1.807, 2.05) is 4.90 Å². The smallest absolute Gasteiger partial charge is 0.319 e. The van der Waals surface area contributed by atoms with Crippen LogP contribution in [0.15, 0.2) is 0 Å². The minimum Gasteiger partial charge on any atom is -0.396 e. The van der Waals surface area contributed by atoms with Gasteiger partial charge in [0.15, 0.2) is 0 Å². The standard InChI is InChI=1S/C9H18N2O2/c1-10(2)9(13)11-5-3-4-8(6-11)7-12/h8,12H,3-7H2,1-2H3. The molecule has 1 aliphatic rings. The lowest BCUT2D eigenvalue weighted by atomic mass is 9.99. The van der Waals surface area contributed by atoms with Crippen molar-refractivity contribution in [2.24, 2.45) is 5.92 Å². The molecular formula is C9H18N2O2. The molecule has 4 heteroatoms. The highest BCUT2D eigenvalue weighted by Gasteiger charge is 2.23. The molecule has 0 bridgehead atoms. The lowest BCUT2D eigenvalue weighted by Gasteiger charge is -2.33. The van der Waals surface area contributed by atoms with Crippen LogP contribution in [0, 0.1) is 5.92 Å². The van der Waals surface area contributed by atoms with Gasteiger partial charge in [0.2, 0.25) is 0 Å². The van der Waals surface area contributed by atoms with Crippen LogP contribution in [0.2, 0.25) is 0 Å². The van der Waals surface area contributed by atoms with Crippen LogP contribution in [0.4, 0.5) is 4.79 Å². The van der Waals surface area contributed by atoms with Crippen LogP contribution in [0.3, 0.4) is 0 Å². The van der Waals surface area contributed by atoms with E-state index in [-0.39, 0.29) is 18.6 Å². The number of likely N-dealkylation sites (tertiary alicyclic amines) is 1. The number of hydrogen-bond donors (Lipinski definition) is 1.